The first-order valence-corrected chi connectivity index (χ1v) is 4.62. The summed E-state index contributed by atoms with van der Waals surface area (Å²) in [6.45, 7) is 4.01. The largest absolute Gasteiger partial charge is 0.497 e. The van der Waals surface area contributed by atoms with E-state index in [9.17, 15) is 0 Å². The third-order valence-corrected chi connectivity index (χ3v) is 2.41. The van der Waals surface area contributed by atoms with E-state index in [0.29, 0.717) is 0 Å². The van der Waals surface area contributed by atoms with Crippen molar-refractivity contribution in [1.29, 1.82) is 0 Å². The average molecular weight is 194 g/mol. The summed E-state index contributed by atoms with van der Waals surface area (Å²) in [5.74, 6) is 0.854. The lowest BCUT2D eigenvalue weighted by molar-refractivity contribution is -0.506. The number of rotatable bonds is 2. The lowest BCUT2D eigenvalue weighted by Gasteiger charge is -2.41. The Labute approximate surface area is 83.5 Å². The second-order valence-corrected chi connectivity index (χ2v) is 3.94. The third kappa shape index (κ3) is 1.49. The Balaban J connectivity index is 2.17. The fourth-order valence-corrected chi connectivity index (χ4v) is 1.52. The van der Waals surface area contributed by atoms with Crippen LogP contribution in [0.25, 0.3) is 0 Å². The molecule has 1 aromatic carbocycles. The van der Waals surface area contributed by atoms with E-state index < -0.39 is 0 Å². The van der Waals surface area contributed by atoms with Crippen LogP contribution in [0.15, 0.2) is 24.3 Å². The average Bonchev–Trinajstić information content (AvgIpc) is 2.18. The molecule has 3 heteroatoms. The van der Waals surface area contributed by atoms with Crippen LogP contribution in [0.3, 0.4) is 0 Å². The van der Waals surface area contributed by atoms with Crippen molar-refractivity contribution in [1.82, 2.24) is 0 Å². The van der Waals surface area contributed by atoms with Gasteiger partial charge in [-0.2, -0.15) is 0 Å². The highest BCUT2D eigenvalue weighted by Gasteiger charge is 2.44. The van der Waals surface area contributed by atoms with Gasteiger partial charge in [0, 0.05) is 0 Å². The molecule has 1 aromatic rings. The summed E-state index contributed by atoms with van der Waals surface area (Å²) >= 11 is 0. The Morgan fingerprint density at radius 2 is 1.86 bits per heavy atom. The molecular formula is C11H14O3. The maximum Gasteiger partial charge on any atom is 0.149 e. The summed E-state index contributed by atoms with van der Waals surface area (Å²) < 4.78 is 5.08. The smallest absolute Gasteiger partial charge is 0.149 e. The van der Waals surface area contributed by atoms with Crippen molar-refractivity contribution < 1.29 is 14.5 Å². The van der Waals surface area contributed by atoms with Gasteiger partial charge in [0.2, 0.25) is 0 Å². The van der Waals surface area contributed by atoms with Crippen LogP contribution in [-0.2, 0) is 9.78 Å². The first kappa shape index (κ1) is 9.49. The lowest BCUT2D eigenvalue weighted by atomic mass is 9.93. The van der Waals surface area contributed by atoms with Crippen molar-refractivity contribution in [2.75, 3.05) is 7.11 Å². The fourth-order valence-electron chi connectivity index (χ4n) is 1.52. The van der Waals surface area contributed by atoms with Crippen LogP contribution in [-0.4, -0.2) is 12.7 Å². The van der Waals surface area contributed by atoms with E-state index in [-0.39, 0.29) is 11.7 Å². The fraction of sp³-hybridized carbons (Fsp3) is 0.455. The van der Waals surface area contributed by atoms with E-state index >= 15 is 0 Å². The van der Waals surface area contributed by atoms with Crippen molar-refractivity contribution in [2.45, 2.75) is 25.6 Å². The van der Waals surface area contributed by atoms with Gasteiger partial charge in [-0.3, -0.25) is 0 Å². The highest BCUT2D eigenvalue weighted by molar-refractivity contribution is 5.30. The number of ether oxygens (including phenoxy) is 1. The maximum atomic E-state index is 5.08. The number of benzene rings is 1. The number of hydrogen-bond acceptors (Lipinski definition) is 3. The van der Waals surface area contributed by atoms with Crippen LogP contribution in [0.5, 0.6) is 5.75 Å². The van der Waals surface area contributed by atoms with E-state index in [1.807, 2.05) is 38.1 Å². The van der Waals surface area contributed by atoms with Gasteiger partial charge in [-0.05, 0) is 31.5 Å². The van der Waals surface area contributed by atoms with Crippen molar-refractivity contribution in [3.8, 4) is 5.75 Å². The van der Waals surface area contributed by atoms with Crippen LogP contribution < -0.4 is 4.74 Å². The molecule has 0 spiro atoms. The molecule has 1 heterocycles. The summed E-state index contributed by atoms with van der Waals surface area (Å²) in [7, 11) is 1.65. The van der Waals surface area contributed by atoms with Crippen molar-refractivity contribution in [3.63, 3.8) is 0 Å². The Bertz CT molecular complexity index is 316. The highest BCUT2D eigenvalue weighted by Crippen LogP contribution is 2.41. The summed E-state index contributed by atoms with van der Waals surface area (Å²) in [6.07, 6.45) is 0.0217. The second kappa shape index (κ2) is 3.26. The molecule has 0 N–H and O–H groups in total. The Hall–Kier alpha value is -1.06. The van der Waals surface area contributed by atoms with E-state index in [1.54, 1.807) is 7.11 Å². The molecular weight excluding hydrogens is 180 g/mol. The first-order valence-electron chi connectivity index (χ1n) is 4.62. The summed E-state index contributed by atoms with van der Waals surface area (Å²) in [4.78, 5) is 10.1. The summed E-state index contributed by atoms with van der Waals surface area (Å²) in [5, 5.41) is 0. The molecule has 1 atom stereocenters. The van der Waals surface area contributed by atoms with Gasteiger partial charge in [-0.15, -0.1) is 0 Å². The molecule has 3 nitrogen and oxygen atoms in total. The first-order chi connectivity index (χ1) is 6.63. The molecule has 2 rings (SSSR count). The van der Waals surface area contributed by atoms with Crippen molar-refractivity contribution in [2.24, 2.45) is 0 Å². The van der Waals surface area contributed by atoms with Crippen LogP contribution in [0.2, 0.25) is 0 Å². The Morgan fingerprint density at radius 3 is 2.21 bits per heavy atom. The van der Waals surface area contributed by atoms with Crippen LogP contribution >= 0.6 is 0 Å². The summed E-state index contributed by atoms with van der Waals surface area (Å²) in [6, 6.07) is 7.84. The van der Waals surface area contributed by atoms with E-state index in [4.69, 9.17) is 14.5 Å². The van der Waals surface area contributed by atoms with E-state index in [0.717, 1.165) is 11.3 Å². The molecule has 1 fully saturated rings. The zero-order valence-corrected chi connectivity index (χ0v) is 8.61. The van der Waals surface area contributed by atoms with E-state index in [1.165, 1.54) is 0 Å². The molecule has 0 aliphatic carbocycles. The second-order valence-electron chi connectivity index (χ2n) is 3.94. The van der Waals surface area contributed by atoms with Crippen molar-refractivity contribution >= 4 is 0 Å². The zero-order valence-electron chi connectivity index (χ0n) is 8.61. The number of hydrogen-bond donors (Lipinski definition) is 0. The minimum atomic E-state index is -0.228. The van der Waals surface area contributed by atoms with Gasteiger partial charge < -0.3 is 4.74 Å². The molecule has 0 saturated carbocycles. The molecule has 0 radical (unpaired) electrons. The van der Waals surface area contributed by atoms with Gasteiger partial charge in [0.15, 0.2) is 0 Å². The molecule has 0 bridgehead atoms. The van der Waals surface area contributed by atoms with Crippen LogP contribution in [0.4, 0.5) is 0 Å². The standard InChI is InChI=1S/C11H14O3/c1-11(2)10(13-14-11)8-4-6-9(12-3)7-5-8/h4-7,10H,1-3H3. The van der Waals surface area contributed by atoms with Crippen LogP contribution in [0, 0.1) is 0 Å². The molecule has 1 unspecified atom stereocenters. The topological polar surface area (TPSA) is 27.7 Å². The molecule has 1 aliphatic heterocycles. The van der Waals surface area contributed by atoms with Gasteiger partial charge in [0.25, 0.3) is 0 Å². The minimum Gasteiger partial charge on any atom is -0.497 e. The predicted octanol–water partition coefficient (Wildman–Crippen LogP) is 2.48. The molecule has 1 aliphatic rings. The predicted molar refractivity (Wildman–Crippen MR) is 52.0 cm³/mol. The monoisotopic (exact) mass is 194 g/mol. The van der Waals surface area contributed by atoms with Crippen molar-refractivity contribution in [3.05, 3.63) is 29.8 Å². The molecule has 76 valence electrons. The molecule has 14 heavy (non-hydrogen) atoms. The lowest BCUT2D eigenvalue weighted by Crippen LogP contribution is -2.44. The maximum absolute atomic E-state index is 5.08. The molecule has 1 saturated heterocycles. The van der Waals surface area contributed by atoms with Gasteiger partial charge in [-0.25, -0.2) is 9.78 Å². The zero-order chi connectivity index (χ0) is 10.2. The van der Waals surface area contributed by atoms with Gasteiger partial charge in [0.1, 0.15) is 17.5 Å². The van der Waals surface area contributed by atoms with Gasteiger partial charge >= 0.3 is 0 Å². The quantitative estimate of drug-likeness (QED) is 0.677. The normalized spacial score (nSPS) is 24.1. The van der Waals surface area contributed by atoms with Gasteiger partial charge in [-0.1, -0.05) is 12.1 Å². The minimum absolute atomic E-state index is 0.0217. The Morgan fingerprint density at radius 1 is 1.21 bits per heavy atom. The number of methoxy groups -OCH3 is 1. The SMILES string of the molecule is COc1ccc(C2OOC2(C)C)cc1. The van der Waals surface area contributed by atoms with Crippen LogP contribution in [0.1, 0.15) is 25.5 Å². The molecule has 0 aromatic heterocycles. The highest BCUT2D eigenvalue weighted by atomic mass is 17.3. The third-order valence-electron chi connectivity index (χ3n) is 2.41. The van der Waals surface area contributed by atoms with Gasteiger partial charge in [0.05, 0.1) is 7.11 Å². The van der Waals surface area contributed by atoms with E-state index in [2.05, 4.69) is 0 Å². The molecule has 0 amide bonds. The Kier molecular flexibility index (Phi) is 2.21. The summed E-state index contributed by atoms with van der Waals surface area (Å²) in [5.41, 5.74) is 0.885.